The first-order valence-electron chi connectivity index (χ1n) is 7.40. The van der Waals surface area contributed by atoms with Crippen LogP contribution in [0.2, 0.25) is 5.02 Å². The van der Waals surface area contributed by atoms with E-state index in [9.17, 15) is 10.1 Å². The molecule has 2 aromatic carbocycles. The predicted molar refractivity (Wildman–Crippen MR) is 102 cm³/mol. The molecule has 0 atom stereocenters. The van der Waals surface area contributed by atoms with Gasteiger partial charge in [-0.05, 0) is 30.3 Å². The highest BCUT2D eigenvalue weighted by Gasteiger charge is 2.17. The van der Waals surface area contributed by atoms with E-state index in [4.69, 9.17) is 21.1 Å². The van der Waals surface area contributed by atoms with Gasteiger partial charge in [-0.15, -0.1) is 11.3 Å². The summed E-state index contributed by atoms with van der Waals surface area (Å²) in [6.45, 7) is 0. The average molecular weight is 392 g/mol. The maximum atomic E-state index is 11.2. The molecule has 1 heterocycles. The molecule has 0 saturated carbocycles. The van der Waals surface area contributed by atoms with Crippen LogP contribution in [0.5, 0.6) is 11.5 Å². The van der Waals surface area contributed by atoms with Gasteiger partial charge in [-0.25, -0.2) is 4.98 Å². The number of ether oxygens (including phenoxy) is 2. The molecule has 0 bridgehead atoms. The number of anilines is 2. The number of hydrogen-bond donors (Lipinski definition) is 1. The molecule has 1 N–H and O–H groups in total. The van der Waals surface area contributed by atoms with Gasteiger partial charge in [-0.2, -0.15) is 0 Å². The molecule has 0 amide bonds. The van der Waals surface area contributed by atoms with Crippen molar-refractivity contribution in [3.05, 3.63) is 56.9 Å². The maximum Gasteiger partial charge on any atom is 0.311 e. The third kappa shape index (κ3) is 3.71. The van der Waals surface area contributed by atoms with E-state index in [-0.39, 0.29) is 11.4 Å². The van der Waals surface area contributed by atoms with Gasteiger partial charge in [0.2, 0.25) is 0 Å². The molecule has 0 spiro atoms. The molecule has 0 fully saturated rings. The van der Waals surface area contributed by atoms with Gasteiger partial charge in [0.15, 0.2) is 10.9 Å². The van der Waals surface area contributed by atoms with Crippen molar-refractivity contribution in [3.8, 4) is 22.8 Å². The van der Waals surface area contributed by atoms with Crippen LogP contribution < -0.4 is 14.8 Å². The monoisotopic (exact) mass is 391 g/mol. The maximum absolute atomic E-state index is 11.2. The summed E-state index contributed by atoms with van der Waals surface area (Å²) in [5, 5.41) is 17.3. The van der Waals surface area contributed by atoms with E-state index >= 15 is 0 Å². The number of nitrogens with one attached hydrogen (secondary N) is 1. The standard InChI is InChI=1S/C17H14ClN3O4S/c1-24-15-6-4-11(8-12(15)18)19-17-20-13(9-26-17)10-3-5-16(25-2)14(7-10)21(22)23/h3-9H,1-2H3,(H,19,20). The SMILES string of the molecule is COc1ccc(Nc2nc(-c3ccc(OC)c([N+](=O)[O-])c3)cs2)cc1Cl. The Morgan fingerprint density at radius 1 is 1.15 bits per heavy atom. The number of hydrogen-bond acceptors (Lipinski definition) is 7. The fourth-order valence-corrected chi connectivity index (χ4v) is 3.32. The summed E-state index contributed by atoms with van der Waals surface area (Å²) in [4.78, 5) is 15.2. The predicted octanol–water partition coefficient (Wildman–Crippen LogP) is 5.13. The fraction of sp³-hybridized carbons (Fsp3) is 0.118. The van der Waals surface area contributed by atoms with E-state index in [0.29, 0.717) is 27.2 Å². The second kappa shape index (κ2) is 7.59. The highest BCUT2D eigenvalue weighted by molar-refractivity contribution is 7.14. The molecule has 9 heteroatoms. The van der Waals surface area contributed by atoms with Gasteiger partial charge >= 0.3 is 5.69 Å². The Bertz CT molecular complexity index is 961. The van der Waals surface area contributed by atoms with Gasteiger partial charge in [0.1, 0.15) is 5.75 Å². The van der Waals surface area contributed by atoms with E-state index in [0.717, 1.165) is 5.69 Å². The highest BCUT2D eigenvalue weighted by atomic mass is 35.5. The normalized spacial score (nSPS) is 10.4. The second-order valence-corrected chi connectivity index (χ2v) is 6.42. The minimum atomic E-state index is -0.479. The molecule has 0 radical (unpaired) electrons. The van der Waals surface area contributed by atoms with E-state index in [2.05, 4.69) is 10.3 Å². The average Bonchev–Trinajstić information content (AvgIpc) is 3.09. The van der Waals surface area contributed by atoms with Crippen LogP contribution in [0.15, 0.2) is 41.8 Å². The number of aromatic nitrogens is 1. The van der Waals surface area contributed by atoms with Gasteiger partial charge in [0, 0.05) is 22.7 Å². The molecule has 3 rings (SSSR count). The molecule has 7 nitrogen and oxygen atoms in total. The first kappa shape index (κ1) is 18.0. The van der Waals surface area contributed by atoms with Crippen LogP contribution in [0, 0.1) is 10.1 Å². The topological polar surface area (TPSA) is 86.5 Å². The highest BCUT2D eigenvalue weighted by Crippen LogP contribution is 2.34. The lowest BCUT2D eigenvalue weighted by Crippen LogP contribution is -1.94. The number of nitro benzene ring substituents is 1. The number of rotatable bonds is 6. The van der Waals surface area contributed by atoms with Crippen molar-refractivity contribution in [1.82, 2.24) is 4.98 Å². The Morgan fingerprint density at radius 2 is 1.88 bits per heavy atom. The molecule has 0 saturated heterocycles. The summed E-state index contributed by atoms with van der Waals surface area (Å²) < 4.78 is 10.1. The largest absolute Gasteiger partial charge is 0.495 e. The van der Waals surface area contributed by atoms with Gasteiger partial charge < -0.3 is 14.8 Å². The molecule has 26 heavy (non-hydrogen) atoms. The van der Waals surface area contributed by atoms with Gasteiger partial charge in [-0.3, -0.25) is 10.1 Å². The Labute approximate surface area is 158 Å². The zero-order valence-electron chi connectivity index (χ0n) is 13.9. The van der Waals surface area contributed by atoms with Crippen molar-refractivity contribution >= 4 is 39.4 Å². The summed E-state index contributed by atoms with van der Waals surface area (Å²) >= 11 is 7.50. The fourth-order valence-electron chi connectivity index (χ4n) is 2.32. The van der Waals surface area contributed by atoms with Crippen LogP contribution >= 0.6 is 22.9 Å². The molecule has 1 aromatic heterocycles. The number of methoxy groups -OCH3 is 2. The molecule has 134 valence electrons. The minimum Gasteiger partial charge on any atom is -0.495 e. The van der Waals surface area contributed by atoms with Crippen LogP contribution in [0.4, 0.5) is 16.5 Å². The van der Waals surface area contributed by atoms with Crippen LogP contribution in [-0.4, -0.2) is 24.1 Å². The lowest BCUT2D eigenvalue weighted by molar-refractivity contribution is -0.385. The Kier molecular flexibility index (Phi) is 5.24. The molecular formula is C17H14ClN3O4S. The molecule has 0 unspecified atom stereocenters. The molecular weight excluding hydrogens is 378 g/mol. The van der Waals surface area contributed by atoms with Gasteiger partial charge in [-0.1, -0.05) is 11.6 Å². The van der Waals surface area contributed by atoms with Crippen LogP contribution in [-0.2, 0) is 0 Å². The number of nitro groups is 1. The van der Waals surface area contributed by atoms with Crippen molar-refractivity contribution in [1.29, 1.82) is 0 Å². The van der Waals surface area contributed by atoms with Crippen LogP contribution in [0.3, 0.4) is 0 Å². The van der Waals surface area contributed by atoms with Crippen molar-refractivity contribution in [2.24, 2.45) is 0 Å². The first-order valence-corrected chi connectivity index (χ1v) is 8.66. The lowest BCUT2D eigenvalue weighted by atomic mass is 10.1. The number of benzene rings is 2. The number of halogens is 1. The van der Waals surface area contributed by atoms with E-state index < -0.39 is 4.92 Å². The Hall–Kier alpha value is -2.84. The third-order valence-electron chi connectivity index (χ3n) is 3.58. The lowest BCUT2D eigenvalue weighted by Gasteiger charge is -2.06. The van der Waals surface area contributed by atoms with E-state index in [1.54, 1.807) is 31.4 Å². The van der Waals surface area contributed by atoms with Crippen molar-refractivity contribution in [2.45, 2.75) is 0 Å². The number of thiazole rings is 1. The second-order valence-electron chi connectivity index (χ2n) is 5.16. The molecule has 3 aromatic rings. The zero-order chi connectivity index (χ0) is 18.7. The summed E-state index contributed by atoms with van der Waals surface area (Å²) in [7, 11) is 2.95. The number of nitrogens with zero attached hydrogens (tertiary/aromatic N) is 2. The Balaban J connectivity index is 1.85. The van der Waals surface area contributed by atoms with Crippen molar-refractivity contribution < 1.29 is 14.4 Å². The van der Waals surface area contributed by atoms with Crippen LogP contribution in [0.1, 0.15) is 0 Å². The van der Waals surface area contributed by atoms with Crippen molar-refractivity contribution in [3.63, 3.8) is 0 Å². The molecule has 0 aliphatic carbocycles. The Morgan fingerprint density at radius 3 is 2.54 bits per heavy atom. The van der Waals surface area contributed by atoms with Crippen molar-refractivity contribution in [2.75, 3.05) is 19.5 Å². The zero-order valence-corrected chi connectivity index (χ0v) is 15.4. The summed E-state index contributed by atoms with van der Waals surface area (Å²) in [5.41, 5.74) is 1.92. The van der Waals surface area contributed by atoms with Gasteiger partial charge in [0.05, 0.1) is 29.9 Å². The quantitative estimate of drug-likeness (QED) is 0.463. The van der Waals surface area contributed by atoms with Gasteiger partial charge in [0.25, 0.3) is 0 Å². The summed E-state index contributed by atoms with van der Waals surface area (Å²) in [6, 6.07) is 10.1. The third-order valence-corrected chi connectivity index (χ3v) is 4.63. The van der Waals surface area contributed by atoms with Crippen LogP contribution in [0.25, 0.3) is 11.3 Å². The molecule has 0 aliphatic heterocycles. The summed E-state index contributed by atoms with van der Waals surface area (Å²) in [6.07, 6.45) is 0. The first-order chi connectivity index (χ1) is 12.5. The minimum absolute atomic E-state index is 0.102. The smallest absolute Gasteiger partial charge is 0.311 e. The van der Waals surface area contributed by atoms with E-state index in [1.165, 1.54) is 24.5 Å². The summed E-state index contributed by atoms with van der Waals surface area (Å²) in [5.74, 6) is 0.794. The van der Waals surface area contributed by atoms with E-state index in [1.807, 2.05) is 11.4 Å². The molecule has 0 aliphatic rings.